The first-order valence-corrected chi connectivity index (χ1v) is 6.83. The van der Waals surface area contributed by atoms with Crippen molar-refractivity contribution in [2.75, 3.05) is 0 Å². The lowest BCUT2D eigenvalue weighted by Crippen LogP contribution is -2.35. The quantitative estimate of drug-likeness (QED) is 0.630. The van der Waals surface area contributed by atoms with Crippen LogP contribution in [0.4, 0.5) is 0 Å². The summed E-state index contributed by atoms with van der Waals surface area (Å²) in [5, 5.41) is 9.29. The number of carboxylic acids is 1. The summed E-state index contributed by atoms with van der Waals surface area (Å²) in [6.07, 6.45) is 0. The first-order valence-electron chi connectivity index (χ1n) is 6.83. The van der Waals surface area contributed by atoms with Gasteiger partial charge in [-0.15, -0.1) is 0 Å². The normalized spacial score (nSPS) is 13.1. The van der Waals surface area contributed by atoms with E-state index in [2.05, 4.69) is 0 Å². The number of nitrogens with two attached hydrogens (primary N) is 1. The zero-order valence-corrected chi connectivity index (χ0v) is 11.9. The van der Waals surface area contributed by atoms with Crippen LogP contribution >= 0.6 is 0 Å². The Hall–Kier alpha value is -2.66. The molecule has 0 aliphatic rings. The maximum atomic E-state index is 12.1. The standard InChI is InChI=1S/C17H17NO4/c18-15(13-9-5-2-6-10-13)14(16(19)20)17(21)22-11-12-7-3-1-4-8-12/h1-10,14-15H,11,18H2,(H,19,20). The molecule has 0 heterocycles. The number of hydrogen-bond acceptors (Lipinski definition) is 4. The van der Waals surface area contributed by atoms with Crippen LogP contribution in [-0.4, -0.2) is 17.0 Å². The summed E-state index contributed by atoms with van der Waals surface area (Å²) >= 11 is 0. The minimum absolute atomic E-state index is 0.0188. The van der Waals surface area contributed by atoms with Crippen molar-refractivity contribution in [3.63, 3.8) is 0 Å². The van der Waals surface area contributed by atoms with E-state index < -0.39 is 23.9 Å². The van der Waals surface area contributed by atoms with Gasteiger partial charge < -0.3 is 15.6 Å². The average molecular weight is 299 g/mol. The zero-order chi connectivity index (χ0) is 15.9. The molecule has 5 nitrogen and oxygen atoms in total. The fourth-order valence-corrected chi connectivity index (χ4v) is 2.09. The molecule has 5 heteroatoms. The molecular formula is C17H17NO4. The van der Waals surface area contributed by atoms with Gasteiger partial charge in [-0.1, -0.05) is 60.7 Å². The predicted octanol–water partition coefficient (Wildman–Crippen LogP) is 2.13. The second-order valence-corrected chi connectivity index (χ2v) is 4.85. The van der Waals surface area contributed by atoms with E-state index >= 15 is 0 Å². The van der Waals surface area contributed by atoms with Crippen molar-refractivity contribution >= 4 is 11.9 Å². The van der Waals surface area contributed by atoms with Crippen molar-refractivity contribution in [3.05, 3.63) is 71.8 Å². The van der Waals surface area contributed by atoms with Gasteiger partial charge in [0.05, 0.1) is 6.04 Å². The Bertz CT molecular complexity index is 628. The van der Waals surface area contributed by atoms with Crippen molar-refractivity contribution < 1.29 is 19.4 Å². The minimum atomic E-state index is -1.44. The number of ether oxygens (including phenoxy) is 1. The Kier molecular flexibility index (Phi) is 5.27. The van der Waals surface area contributed by atoms with Crippen molar-refractivity contribution in [3.8, 4) is 0 Å². The maximum absolute atomic E-state index is 12.1. The van der Waals surface area contributed by atoms with E-state index in [0.29, 0.717) is 5.56 Å². The summed E-state index contributed by atoms with van der Waals surface area (Å²) in [6, 6.07) is 16.7. The molecule has 2 aromatic carbocycles. The van der Waals surface area contributed by atoms with E-state index in [1.165, 1.54) is 0 Å². The lowest BCUT2D eigenvalue weighted by molar-refractivity contribution is -0.160. The molecule has 2 atom stereocenters. The number of esters is 1. The van der Waals surface area contributed by atoms with Gasteiger partial charge >= 0.3 is 11.9 Å². The van der Waals surface area contributed by atoms with Gasteiger partial charge in [0.1, 0.15) is 6.61 Å². The van der Waals surface area contributed by atoms with E-state index in [0.717, 1.165) is 5.56 Å². The van der Waals surface area contributed by atoms with Crippen molar-refractivity contribution in [2.45, 2.75) is 12.6 Å². The molecule has 0 radical (unpaired) electrons. The SMILES string of the molecule is NC(c1ccccc1)C(C(=O)O)C(=O)OCc1ccccc1. The van der Waals surface area contributed by atoms with E-state index in [1.54, 1.807) is 42.5 Å². The van der Waals surface area contributed by atoms with E-state index in [4.69, 9.17) is 10.5 Å². The molecular weight excluding hydrogens is 282 g/mol. The fourth-order valence-electron chi connectivity index (χ4n) is 2.09. The van der Waals surface area contributed by atoms with Gasteiger partial charge in [-0.25, -0.2) is 0 Å². The second-order valence-electron chi connectivity index (χ2n) is 4.85. The lowest BCUT2D eigenvalue weighted by Gasteiger charge is -2.19. The third-order valence-corrected chi connectivity index (χ3v) is 3.29. The largest absolute Gasteiger partial charge is 0.481 e. The predicted molar refractivity (Wildman–Crippen MR) is 80.7 cm³/mol. The van der Waals surface area contributed by atoms with E-state index in [9.17, 15) is 14.7 Å². The van der Waals surface area contributed by atoms with Crippen LogP contribution in [0.25, 0.3) is 0 Å². The smallest absolute Gasteiger partial charge is 0.322 e. The monoisotopic (exact) mass is 299 g/mol. The van der Waals surface area contributed by atoms with Gasteiger partial charge in [0, 0.05) is 0 Å². The number of carbonyl (C=O) groups excluding carboxylic acids is 1. The highest BCUT2D eigenvalue weighted by atomic mass is 16.5. The number of carboxylic acid groups (broad SMARTS) is 1. The Morgan fingerprint density at radius 2 is 1.55 bits per heavy atom. The van der Waals surface area contributed by atoms with Crippen molar-refractivity contribution in [2.24, 2.45) is 11.7 Å². The first-order chi connectivity index (χ1) is 10.6. The molecule has 22 heavy (non-hydrogen) atoms. The minimum Gasteiger partial charge on any atom is -0.481 e. The summed E-state index contributed by atoms with van der Waals surface area (Å²) in [7, 11) is 0. The molecule has 2 unspecified atom stereocenters. The molecule has 114 valence electrons. The van der Waals surface area contributed by atoms with E-state index in [-0.39, 0.29) is 6.61 Å². The molecule has 2 aromatic rings. The van der Waals surface area contributed by atoms with Crippen LogP contribution in [0.5, 0.6) is 0 Å². The van der Waals surface area contributed by atoms with Gasteiger partial charge in [-0.3, -0.25) is 9.59 Å². The van der Waals surface area contributed by atoms with Crippen molar-refractivity contribution in [1.29, 1.82) is 0 Å². The zero-order valence-electron chi connectivity index (χ0n) is 11.9. The fraction of sp³-hybridized carbons (Fsp3) is 0.176. The van der Waals surface area contributed by atoms with Crippen LogP contribution in [0.2, 0.25) is 0 Å². The van der Waals surface area contributed by atoms with Gasteiger partial charge in [0.25, 0.3) is 0 Å². The lowest BCUT2D eigenvalue weighted by atomic mass is 9.94. The summed E-state index contributed by atoms with van der Waals surface area (Å²) in [6.45, 7) is 0.0188. The van der Waals surface area contributed by atoms with Crippen LogP contribution < -0.4 is 5.73 Å². The number of benzene rings is 2. The van der Waals surface area contributed by atoms with Crippen molar-refractivity contribution in [1.82, 2.24) is 0 Å². The van der Waals surface area contributed by atoms with Crippen LogP contribution in [0.3, 0.4) is 0 Å². The van der Waals surface area contributed by atoms with Crippen LogP contribution in [0.1, 0.15) is 17.2 Å². The number of aliphatic carboxylic acids is 1. The maximum Gasteiger partial charge on any atom is 0.322 e. The van der Waals surface area contributed by atoms with Crippen LogP contribution in [-0.2, 0) is 20.9 Å². The Labute approximate surface area is 128 Å². The molecule has 0 spiro atoms. The number of rotatable bonds is 6. The number of hydrogen-bond donors (Lipinski definition) is 2. The summed E-state index contributed by atoms with van der Waals surface area (Å²) in [5.74, 6) is -3.58. The number of carbonyl (C=O) groups is 2. The molecule has 0 saturated carbocycles. The topological polar surface area (TPSA) is 89.6 Å². The van der Waals surface area contributed by atoms with Gasteiger partial charge in [-0.2, -0.15) is 0 Å². The highest BCUT2D eigenvalue weighted by Crippen LogP contribution is 2.21. The molecule has 0 aromatic heterocycles. The van der Waals surface area contributed by atoms with Gasteiger partial charge in [0.15, 0.2) is 5.92 Å². The third-order valence-electron chi connectivity index (χ3n) is 3.29. The Morgan fingerprint density at radius 1 is 1.00 bits per heavy atom. The average Bonchev–Trinajstić information content (AvgIpc) is 2.54. The summed E-state index contributed by atoms with van der Waals surface area (Å²) < 4.78 is 5.09. The first kappa shape index (κ1) is 15.7. The Morgan fingerprint density at radius 3 is 2.09 bits per heavy atom. The molecule has 0 amide bonds. The Balaban J connectivity index is 2.07. The molecule has 2 rings (SSSR count). The molecule has 0 aliphatic carbocycles. The highest BCUT2D eigenvalue weighted by Gasteiger charge is 2.35. The highest BCUT2D eigenvalue weighted by molar-refractivity contribution is 5.95. The van der Waals surface area contributed by atoms with Crippen LogP contribution in [0.15, 0.2) is 60.7 Å². The molecule has 0 aliphatic heterocycles. The third kappa shape index (κ3) is 3.93. The summed E-state index contributed by atoms with van der Waals surface area (Å²) in [4.78, 5) is 23.5. The summed E-state index contributed by atoms with van der Waals surface area (Å²) in [5.41, 5.74) is 7.29. The van der Waals surface area contributed by atoms with E-state index in [1.807, 2.05) is 18.2 Å². The molecule has 0 fully saturated rings. The van der Waals surface area contributed by atoms with Gasteiger partial charge in [0.2, 0.25) is 0 Å². The second kappa shape index (κ2) is 7.38. The molecule has 3 N–H and O–H groups in total. The van der Waals surface area contributed by atoms with Gasteiger partial charge in [-0.05, 0) is 11.1 Å². The van der Waals surface area contributed by atoms with Crippen LogP contribution in [0, 0.1) is 5.92 Å². The molecule has 0 bridgehead atoms. The molecule has 0 saturated heterocycles.